The molecule has 0 radical (unpaired) electrons. The lowest BCUT2D eigenvalue weighted by atomic mass is 9.42. The summed E-state index contributed by atoms with van der Waals surface area (Å²) in [6, 6.07) is 0. The summed E-state index contributed by atoms with van der Waals surface area (Å²) in [6.45, 7) is 4.58. The molecule has 3 heteroatoms. The van der Waals surface area contributed by atoms with Crippen LogP contribution >= 0.6 is 0 Å². The fourth-order valence-electron chi connectivity index (χ4n) is 6.97. The Balaban J connectivity index is 1.76. The Morgan fingerprint density at radius 1 is 1.14 bits per heavy atom. The fraction of sp³-hybridized carbons (Fsp3) is 0.947. The Labute approximate surface area is 133 Å². The van der Waals surface area contributed by atoms with Gasteiger partial charge in [0.2, 0.25) is 0 Å². The Morgan fingerprint density at radius 2 is 1.91 bits per heavy atom. The number of aliphatic hydroxyl groups is 2. The van der Waals surface area contributed by atoms with E-state index in [1.165, 1.54) is 12.8 Å². The van der Waals surface area contributed by atoms with Crippen LogP contribution in [-0.4, -0.2) is 27.7 Å². The summed E-state index contributed by atoms with van der Waals surface area (Å²) in [5.41, 5.74) is -0.648. The van der Waals surface area contributed by atoms with Gasteiger partial charge in [0.05, 0.1) is 11.7 Å². The van der Waals surface area contributed by atoms with E-state index in [1.807, 2.05) is 0 Å². The summed E-state index contributed by atoms with van der Waals surface area (Å²) in [4.78, 5) is 11.9. The fourth-order valence-corrected chi connectivity index (χ4v) is 6.97. The number of hydrogen-bond donors (Lipinski definition) is 2. The third-order valence-corrected chi connectivity index (χ3v) is 8.45. The molecule has 0 bridgehead atoms. The van der Waals surface area contributed by atoms with Crippen molar-refractivity contribution in [2.75, 3.05) is 0 Å². The highest BCUT2D eigenvalue weighted by Crippen LogP contribution is 2.67. The lowest BCUT2D eigenvalue weighted by Crippen LogP contribution is -2.68. The van der Waals surface area contributed by atoms with Gasteiger partial charge in [0.25, 0.3) is 0 Å². The van der Waals surface area contributed by atoms with E-state index < -0.39 is 11.7 Å². The first-order chi connectivity index (χ1) is 10.3. The van der Waals surface area contributed by atoms with E-state index in [1.54, 1.807) is 0 Å². The van der Waals surface area contributed by atoms with Gasteiger partial charge in [-0.1, -0.05) is 20.3 Å². The van der Waals surface area contributed by atoms with Gasteiger partial charge < -0.3 is 10.2 Å². The first-order valence-corrected chi connectivity index (χ1v) is 9.22. The van der Waals surface area contributed by atoms with Gasteiger partial charge >= 0.3 is 0 Å². The average molecular weight is 306 g/mol. The minimum atomic E-state index is -0.773. The van der Waals surface area contributed by atoms with E-state index in [0.29, 0.717) is 36.4 Å². The van der Waals surface area contributed by atoms with Gasteiger partial charge in [-0.15, -0.1) is 0 Å². The largest absolute Gasteiger partial charge is 0.393 e. The van der Waals surface area contributed by atoms with Crippen LogP contribution in [0.5, 0.6) is 0 Å². The van der Waals surface area contributed by atoms with E-state index in [9.17, 15) is 15.0 Å². The molecule has 2 N–H and O–H groups in total. The van der Waals surface area contributed by atoms with E-state index in [0.717, 1.165) is 25.7 Å². The van der Waals surface area contributed by atoms with Gasteiger partial charge in [-0.05, 0) is 55.8 Å². The summed E-state index contributed by atoms with van der Waals surface area (Å²) in [5, 5.41) is 22.7. The highest BCUT2D eigenvalue weighted by atomic mass is 16.3. The zero-order valence-corrected chi connectivity index (χ0v) is 14.0. The second kappa shape index (κ2) is 4.57. The van der Waals surface area contributed by atoms with Crippen molar-refractivity contribution in [1.29, 1.82) is 0 Å². The SMILES string of the molecule is CC12CCCC1C1C(O)CC3CC(=O)CCC3(C)C1(O)CC2. The second-order valence-electron chi connectivity index (χ2n) is 9.26. The Morgan fingerprint density at radius 3 is 2.68 bits per heavy atom. The molecule has 0 saturated heterocycles. The van der Waals surface area contributed by atoms with E-state index in [4.69, 9.17) is 0 Å². The molecule has 0 aliphatic heterocycles. The van der Waals surface area contributed by atoms with Gasteiger partial charge in [0.15, 0.2) is 0 Å². The standard InChI is InChI=1S/C19H30O3/c1-17-6-3-4-14(17)16-15(21)11-12-10-13(20)5-7-18(12,2)19(16,22)9-8-17/h12,14-16,21-22H,3-11H2,1-2H3. The molecule has 4 aliphatic carbocycles. The van der Waals surface area contributed by atoms with Gasteiger partial charge in [-0.25, -0.2) is 0 Å². The summed E-state index contributed by atoms with van der Waals surface area (Å²) in [6.07, 6.45) is 7.77. The molecule has 0 spiro atoms. The molecule has 0 aromatic carbocycles. The van der Waals surface area contributed by atoms with E-state index >= 15 is 0 Å². The van der Waals surface area contributed by atoms with Crippen LogP contribution in [-0.2, 0) is 4.79 Å². The topological polar surface area (TPSA) is 57.5 Å². The molecule has 7 atom stereocenters. The van der Waals surface area contributed by atoms with Crippen LogP contribution in [0.4, 0.5) is 0 Å². The second-order valence-corrected chi connectivity index (χ2v) is 9.26. The first-order valence-electron chi connectivity index (χ1n) is 9.22. The monoisotopic (exact) mass is 306 g/mol. The number of hydrogen-bond acceptors (Lipinski definition) is 3. The number of aliphatic hydroxyl groups excluding tert-OH is 1. The van der Waals surface area contributed by atoms with Crippen molar-refractivity contribution >= 4 is 5.78 Å². The van der Waals surface area contributed by atoms with Crippen molar-refractivity contribution in [2.24, 2.45) is 28.6 Å². The third kappa shape index (κ3) is 1.73. The van der Waals surface area contributed by atoms with Crippen LogP contribution in [0.1, 0.15) is 71.6 Å². The highest BCUT2D eigenvalue weighted by Gasteiger charge is 2.67. The maximum atomic E-state index is 11.9. The molecular weight excluding hydrogens is 276 g/mol. The number of Topliss-reactive ketones (excluding diaryl/α,β-unsaturated/α-hetero) is 1. The first kappa shape index (κ1) is 15.1. The number of ketones is 1. The molecule has 7 unspecified atom stereocenters. The maximum Gasteiger partial charge on any atom is 0.133 e. The lowest BCUT2D eigenvalue weighted by Gasteiger charge is -2.65. The number of fused-ring (bicyclic) bond motifs is 5. The quantitative estimate of drug-likeness (QED) is 0.723. The Kier molecular flexibility index (Phi) is 3.14. The third-order valence-electron chi connectivity index (χ3n) is 8.45. The van der Waals surface area contributed by atoms with Crippen molar-refractivity contribution in [3.63, 3.8) is 0 Å². The summed E-state index contributed by atoms with van der Waals surface area (Å²) >= 11 is 0. The predicted octanol–water partition coefficient (Wildman–Crippen LogP) is 3.07. The molecule has 0 amide bonds. The molecule has 4 fully saturated rings. The van der Waals surface area contributed by atoms with Crippen LogP contribution in [0.3, 0.4) is 0 Å². The zero-order chi connectivity index (χ0) is 15.8. The van der Waals surface area contributed by atoms with Crippen molar-refractivity contribution < 1.29 is 15.0 Å². The average Bonchev–Trinajstić information content (AvgIpc) is 2.84. The molecule has 4 rings (SSSR count). The van der Waals surface area contributed by atoms with Gasteiger partial charge in [-0.2, -0.15) is 0 Å². The molecule has 3 nitrogen and oxygen atoms in total. The van der Waals surface area contributed by atoms with Crippen LogP contribution in [0.25, 0.3) is 0 Å². The molecule has 22 heavy (non-hydrogen) atoms. The Bertz CT molecular complexity index is 503. The summed E-state index contributed by atoms with van der Waals surface area (Å²) in [7, 11) is 0. The molecule has 0 aromatic heterocycles. The van der Waals surface area contributed by atoms with Crippen molar-refractivity contribution in [2.45, 2.75) is 83.3 Å². The molecule has 124 valence electrons. The zero-order valence-electron chi connectivity index (χ0n) is 14.0. The molecular formula is C19H30O3. The minimum absolute atomic E-state index is 0.0169. The minimum Gasteiger partial charge on any atom is -0.393 e. The van der Waals surface area contributed by atoms with Crippen molar-refractivity contribution in [1.82, 2.24) is 0 Å². The smallest absolute Gasteiger partial charge is 0.133 e. The lowest BCUT2D eigenvalue weighted by molar-refractivity contribution is -0.259. The number of carbonyl (C=O) groups excluding carboxylic acids is 1. The number of rotatable bonds is 0. The molecule has 4 saturated carbocycles. The van der Waals surface area contributed by atoms with Crippen LogP contribution in [0, 0.1) is 28.6 Å². The van der Waals surface area contributed by atoms with E-state index in [-0.39, 0.29) is 17.3 Å². The Hall–Kier alpha value is -0.410. The predicted molar refractivity (Wildman–Crippen MR) is 84.2 cm³/mol. The molecule has 0 aromatic rings. The van der Waals surface area contributed by atoms with Crippen LogP contribution in [0.15, 0.2) is 0 Å². The normalized spacial score (nSPS) is 57.9. The molecule has 0 heterocycles. The van der Waals surface area contributed by atoms with Crippen LogP contribution in [0.2, 0.25) is 0 Å². The van der Waals surface area contributed by atoms with Gasteiger partial charge in [0, 0.05) is 24.2 Å². The van der Waals surface area contributed by atoms with Crippen molar-refractivity contribution in [3.8, 4) is 0 Å². The van der Waals surface area contributed by atoms with Gasteiger partial charge in [-0.3, -0.25) is 4.79 Å². The highest BCUT2D eigenvalue weighted by molar-refractivity contribution is 5.79. The van der Waals surface area contributed by atoms with Gasteiger partial charge in [0.1, 0.15) is 5.78 Å². The molecule has 4 aliphatic rings. The number of carbonyl (C=O) groups is 1. The summed E-state index contributed by atoms with van der Waals surface area (Å²) in [5.74, 6) is 0.953. The summed E-state index contributed by atoms with van der Waals surface area (Å²) < 4.78 is 0. The van der Waals surface area contributed by atoms with Crippen molar-refractivity contribution in [3.05, 3.63) is 0 Å². The van der Waals surface area contributed by atoms with Crippen LogP contribution < -0.4 is 0 Å². The van der Waals surface area contributed by atoms with E-state index in [2.05, 4.69) is 13.8 Å². The maximum absolute atomic E-state index is 11.9.